The van der Waals surface area contributed by atoms with Gasteiger partial charge in [0.2, 0.25) is 0 Å². The number of rotatable bonds is 2. The Morgan fingerprint density at radius 3 is 2.18 bits per heavy atom. The minimum Gasteiger partial charge on any atom is -0.494 e. The number of aromatic nitrogens is 1. The number of allylic oxidation sites excluding steroid dienone is 3. The highest BCUT2D eigenvalue weighted by molar-refractivity contribution is 5.59. The molecular weight excluding hydrogens is 214 g/mol. The monoisotopic (exact) mass is 231 g/mol. The van der Waals surface area contributed by atoms with Crippen LogP contribution in [0.5, 0.6) is 11.8 Å². The minimum absolute atomic E-state index is 0.0833. The summed E-state index contributed by atoms with van der Waals surface area (Å²) >= 11 is 0. The van der Waals surface area contributed by atoms with Gasteiger partial charge < -0.3 is 10.2 Å². The van der Waals surface area contributed by atoms with E-state index in [1.807, 2.05) is 13.8 Å². The Balaban J connectivity index is 2.19. The third kappa shape index (κ3) is 1.17. The summed E-state index contributed by atoms with van der Waals surface area (Å²) < 4.78 is 1.60. The Hall–Kier alpha value is -1.64. The highest BCUT2D eigenvalue weighted by Gasteiger charge is 2.41. The zero-order valence-corrected chi connectivity index (χ0v) is 10.1. The van der Waals surface area contributed by atoms with Gasteiger partial charge in [-0.3, -0.25) is 4.57 Å². The predicted molar refractivity (Wildman–Crippen MR) is 66.5 cm³/mol. The van der Waals surface area contributed by atoms with Gasteiger partial charge in [0.1, 0.15) is 0 Å². The van der Waals surface area contributed by atoms with Crippen LogP contribution >= 0.6 is 0 Å². The molecule has 0 fully saturated rings. The molecule has 2 aliphatic carbocycles. The van der Waals surface area contributed by atoms with E-state index in [0.717, 1.165) is 23.1 Å². The van der Waals surface area contributed by atoms with Crippen molar-refractivity contribution in [2.45, 2.75) is 38.1 Å². The van der Waals surface area contributed by atoms with Gasteiger partial charge in [-0.05, 0) is 20.3 Å². The topological polar surface area (TPSA) is 45.4 Å². The van der Waals surface area contributed by atoms with Gasteiger partial charge in [0.25, 0.3) is 0 Å². The molecule has 0 radical (unpaired) electrons. The third-order valence-electron chi connectivity index (χ3n) is 4.15. The zero-order valence-electron chi connectivity index (χ0n) is 10.1. The molecule has 3 atom stereocenters. The first-order valence-electron chi connectivity index (χ1n) is 6.02. The average Bonchev–Trinajstić information content (AvgIpc) is 2.92. The lowest BCUT2D eigenvalue weighted by molar-refractivity contribution is 0.349. The van der Waals surface area contributed by atoms with Gasteiger partial charge in [0.05, 0.1) is 6.04 Å². The third-order valence-corrected chi connectivity index (χ3v) is 4.15. The number of hydrogen-bond acceptors (Lipinski definition) is 2. The molecule has 0 saturated heterocycles. The lowest BCUT2D eigenvalue weighted by Gasteiger charge is -2.17. The van der Waals surface area contributed by atoms with Crippen LogP contribution in [0.3, 0.4) is 0 Å². The van der Waals surface area contributed by atoms with Gasteiger partial charge in [-0.1, -0.05) is 24.3 Å². The van der Waals surface area contributed by atoms with E-state index >= 15 is 0 Å². The van der Waals surface area contributed by atoms with Crippen LogP contribution in [0.1, 0.15) is 49.3 Å². The maximum Gasteiger partial charge on any atom is 0.198 e. The molecule has 0 spiro atoms. The fourth-order valence-corrected chi connectivity index (χ4v) is 3.05. The Bertz CT molecular complexity index is 503. The Kier molecular flexibility index (Phi) is 1.97. The molecule has 1 aromatic heterocycles. The molecule has 3 unspecified atom stereocenters. The molecule has 1 heterocycles. The summed E-state index contributed by atoms with van der Waals surface area (Å²) in [7, 11) is 0. The van der Waals surface area contributed by atoms with Crippen LogP contribution in [0.2, 0.25) is 0 Å². The standard InChI is InChI=1S/C14H17NO2/c1-7(2)8(3)15-13(16)11-9-4-5-10(6-9)12(11)14(15)17/h4-5,8-10,16-17H,1,6H2,2-3H3. The highest BCUT2D eigenvalue weighted by atomic mass is 16.3. The molecule has 2 aliphatic rings. The normalized spacial score (nSPS) is 26.2. The van der Waals surface area contributed by atoms with Crippen molar-refractivity contribution in [2.75, 3.05) is 0 Å². The molecule has 3 rings (SSSR count). The van der Waals surface area contributed by atoms with Crippen molar-refractivity contribution in [3.63, 3.8) is 0 Å². The molecule has 3 heteroatoms. The second-order valence-electron chi connectivity index (χ2n) is 5.20. The van der Waals surface area contributed by atoms with Crippen molar-refractivity contribution in [1.29, 1.82) is 0 Å². The summed E-state index contributed by atoms with van der Waals surface area (Å²) in [5, 5.41) is 20.6. The van der Waals surface area contributed by atoms with Crippen molar-refractivity contribution < 1.29 is 10.2 Å². The molecule has 0 amide bonds. The zero-order chi connectivity index (χ0) is 12.3. The van der Waals surface area contributed by atoms with Crippen LogP contribution in [0.4, 0.5) is 0 Å². The second kappa shape index (κ2) is 3.19. The van der Waals surface area contributed by atoms with E-state index in [0.29, 0.717) is 0 Å². The smallest absolute Gasteiger partial charge is 0.198 e. The number of nitrogens with zero attached hydrogens (tertiary/aromatic N) is 1. The van der Waals surface area contributed by atoms with E-state index in [2.05, 4.69) is 18.7 Å². The van der Waals surface area contributed by atoms with E-state index in [1.54, 1.807) is 4.57 Å². The molecule has 1 aromatic rings. The van der Waals surface area contributed by atoms with Crippen molar-refractivity contribution in [1.82, 2.24) is 4.57 Å². The van der Waals surface area contributed by atoms with E-state index in [4.69, 9.17) is 0 Å². The van der Waals surface area contributed by atoms with Crippen LogP contribution in [-0.2, 0) is 0 Å². The first kappa shape index (κ1) is 10.5. The lowest BCUT2D eigenvalue weighted by Crippen LogP contribution is -2.05. The maximum absolute atomic E-state index is 10.3. The van der Waals surface area contributed by atoms with Crippen molar-refractivity contribution >= 4 is 0 Å². The van der Waals surface area contributed by atoms with Gasteiger partial charge in [-0.15, -0.1) is 0 Å². The molecule has 0 aliphatic heterocycles. The van der Waals surface area contributed by atoms with Crippen molar-refractivity contribution in [2.24, 2.45) is 0 Å². The summed E-state index contributed by atoms with van der Waals surface area (Å²) in [6.45, 7) is 7.73. The second-order valence-corrected chi connectivity index (χ2v) is 5.20. The summed E-state index contributed by atoms with van der Waals surface area (Å²) in [6, 6.07) is -0.0833. The quantitative estimate of drug-likeness (QED) is 0.768. The van der Waals surface area contributed by atoms with Crippen molar-refractivity contribution in [3.8, 4) is 11.8 Å². The van der Waals surface area contributed by atoms with Gasteiger partial charge in [0, 0.05) is 23.0 Å². The van der Waals surface area contributed by atoms with E-state index in [9.17, 15) is 10.2 Å². The molecule has 3 nitrogen and oxygen atoms in total. The number of fused-ring (bicyclic) bond motifs is 5. The Labute approximate surface area is 101 Å². The van der Waals surface area contributed by atoms with Crippen LogP contribution in [0.15, 0.2) is 24.3 Å². The summed E-state index contributed by atoms with van der Waals surface area (Å²) in [5.74, 6) is 0.980. The lowest BCUT2D eigenvalue weighted by atomic mass is 10.0. The molecule has 90 valence electrons. The fourth-order valence-electron chi connectivity index (χ4n) is 3.05. The molecule has 17 heavy (non-hydrogen) atoms. The van der Waals surface area contributed by atoms with Gasteiger partial charge in [0.15, 0.2) is 11.8 Å². The van der Waals surface area contributed by atoms with Crippen LogP contribution in [-0.4, -0.2) is 14.8 Å². The largest absolute Gasteiger partial charge is 0.494 e. The van der Waals surface area contributed by atoms with Gasteiger partial charge in [-0.25, -0.2) is 0 Å². The van der Waals surface area contributed by atoms with Crippen molar-refractivity contribution in [3.05, 3.63) is 35.4 Å². The first-order chi connectivity index (χ1) is 8.02. The van der Waals surface area contributed by atoms with Crippen LogP contribution in [0.25, 0.3) is 0 Å². The Morgan fingerprint density at radius 1 is 1.29 bits per heavy atom. The summed E-state index contributed by atoms with van der Waals surface area (Å²) in [4.78, 5) is 0. The number of hydrogen-bond donors (Lipinski definition) is 2. The minimum atomic E-state index is -0.0833. The summed E-state index contributed by atoms with van der Waals surface area (Å²) in [6.07, 6.45) is 5.25. The van der Waals surface area contributed by atoms with E-state index < -0.39 is 0 Å². The predicted octanol–water partition coefficient (Wildman–Crippen LogP) is 3.18. The molecule has 0 aromatic carbocycles. The van der Waals surface area contributed by atoms with Crippen LogP contribution < -0.4 is 0 Å². The van der Waals surface area contributed by atoms with Gasteiger partial charge in [-0.2, -0.15) is 0 Å². The number of aromatic hydroxyl groups is 2. The molecule has 0 saturated carbocycles. The SMILES string of the molecule is C=C(C)C(C)n1c(O)c2c(c1O)C1C=CC2C1. The molecular formula is C14H17NO2. The van der Waals surface area contributed by atoms with E-state index in [-0.39, 0.29) is 29.6 Å². The van der Waals surface area contributed by atoms with E-state index in [1.165, 1.54) is 0 Å². The first-order valence-corrected chi connectivity index (χ1v) is 6.02. The molecule has 2 N–H and O–H groups in total. The summed E-state index contributed by atoms with van der Waals surface area (Å²) in [5.41, 5.74) is 2.76. The molecule has 2 bridgehead atoms. The highest BCUT2D eigenvalue weighted by Crippen LogP contribution is 2.57. The Morgan fingerprint density at radius 2 is 1.76 bits per heavy atom. The fraction of sp³-hybridized carbons (Fsp3) is 0.429. The maximum atomic E-state index is 10.3. The average molecular weight is 231 g/mol. The van der Waals surface area contributed by atoms with Crippen LogP contribution in [0, 0.1) is 0 Å². The van der Waals surface area contributed by atoms with Gasteiger partial charge >= 0.3 is 0 Å².